The molecule has 10 nitrogen and oxygen atoms in total. The minimum atomic E-state index is -3.86. The van der Waals surface area contributed by atoms with Crippen LogP contribution in [0.2, 0.25) is 0 Å². The van der Waals surface area contributed by atoms with Crippen molar-refractivity contribution in [2.45, 2.75) is 44.6 Å². The van der Waals surface area contributed by atoms with Crippen molar-refractivity contribution >= 4 is 27.0 Å². The molecule has 0 bridgehead atoms. The third-order valence-electron chi connectivity index (χ3n) is 6.85. The van der Waals surface area contributed by atoms with Crippen molar-refractivity contribution in [1.82, 2.24) is 19.3 Å². The molecule has 0 aliphatic heterocycles. The minimum absolute atomic E-state index is 0.0993. The van der Waals surface area contributed by atoms with Crippen LogP contribution in [0.4, 0.5) is 0 Å². The van der Waals surface area contributed by atoms with Gasteiger partial charge in [0.25, 0.3) is 0 Å². The van der Waals surface area contributed by atoms with Crippen molar-refractivity contribution in [3.63, 3.8) is 0 Å². The lowest BCUT2D eigenvalue weighted by molar-refractivity contribution is 0.0415. The topological polar surface area (TPSA) is 124 Å². The zero-order chi connectivity index (χ0) is 29.7. The highest BCUT2D eigenvalue weighted by Gasteiger charge is 2.30. The standard InChI is InChI=1S/C30H36N4O6S/c1-19(2)15-23(18-40-30(35)22-9-12-27(38-5)28(17-22)39-6)34(4)41(36,37)24-10-7-21(8-11-24)16-26-29-25(13-14-31-26)32-20(3)33-29/h7-14,17,19,23H,15-16,18H2,1-6H3,(H,32,33)/t23-/m0/s1. The van der Waals surface area contributed by atoms with Gasteiger partial charge in [-0.2, -0.15) is 4.31 Å². The van der Waals surface area contributed by atoms with Gasteiger partial charge in [0.2, 0.25) is 10.0 Å². The van der Waals surface area contributed by atoms with E-state index in [4.69, 9.17) is 14.2 Å². The van der Waals surface area contributed by atoms with E-state index in [9.17, 15) is 13.2 Å². The first-order valence-electron chi connectivity index (χ1n) is 13.3. The maximum atomic E-state index is 13.6. The number of carbonyl (C=O) groups excluding carboxylic acids is 1. The van der Waals surface area contributed by atoms with E-state index in [1.165, 1.54) is 31.6 Å². The summed E-state index contributed by atoms with van der Waals surface area (Å²) in [6.07, 6.45) is 2.75. The third-order valence-corrected chi connectivity index (χ3v) is 8.78. The normalized spacial score (nSPS) is 12.6. The van der Waals surface area contributed by atoms with E-state index in [1.54, 1.807) is 42.6 Å². The number of esters is 1. The molecule has 1 atom stereocenters. The van der Waals surface area contributed by atoms with Crippen molar-refractivity contribution < 1.29 is 27.4 Å². The van der Waals surface area contributed by atoms with Gasteiger partial charge in [0.1, 0.15) is 17.9 Å². The number of carbonyl (C=O) groups is 1. The lowest BCUT2D eigenvalue weighted by Crippen LogP contribution is -2.41. The number of benzene rings is 2. The first kappa shape index (κ1) is 30.0. The molecule has 0 unspecified atom stereocenters. The van der Waals surface area contributed by atoms with Crippen LogP contribution in [0.25, 0.3) is 11.0 Å². The van der Waals surface area contributed by atoms with Crippen LogP contribution in [-0.2, 0) is 21.2 Å². The number of likely N-dealkylation sites (N-methyl/N-ethyl adjacent to an activating group) is 1. The first-order chi connectivity index (χ1) is 19.5. The number of pyridine rings is 1. The number of H-pyrrole nitrogens is 1. The summed E-state index contributed by atoms with van der Waals surface area (Å²) in [5.41, 5.74) is 3.72. The van der Waals surface area contributed by atoms with Gasteiger partial charge in [0.15, 0.2) is 11.5 Å². The number of rotatable bonds is 12. The molecule has 2 aromatic carbocycles. The summed E-state index contributed by atoms with van der Waals surface area (Å²) in [7, 11) is 0.645. The van der Waals surface area contributed by atoms with Crippen molar-refractivity contribution in [2.75, 3.05) is 27.9 Å². The van der Waals surface area contributed by atoms with E-state index in [2.05, 4.69) is 15.0 Å². The summed E-state index contributed by atoms with van der Waals surface area (Å²) >= 11 is 0. The summed E-state index contributed by atoms with van der Waals surface area (Å²) in [5, 5.41) is 0. The Morgan fingerprint density at radius 3 is 2.39 bits per heavy atom. The van der Waals surface area contributed by atoms with Gasteiger partial charge >= 0.3 is 5.97 Å². The maximum absolute atomic E-state index is 13.6. The van der Waals surface area contributed by atoms with E-state index in [1.807, 2.05) is 26.8 Å². The molecular formula is C30H36N4O6S. The van der Waals surface area contributed by atoms with Gasteiger partial charge in [0.05, 0.1) is 41.9 Å². The Balaban J connectivity index is 1.48. The maximum Gasteiger partial charge on any atom is 0.338 e. The Hall–Kier alpha value is -3.96. The SMILES string of the molecule is COc1ccc(C(=O)OC[C@H](CC(C)C)N(C)S(=O)(=O)c2ccc(Cc3nccc4[nH]c(C)nc34)cc2)cc1OC. The van der Waals surface area contributed by atoms with E-state index >= 15 is 0 Å². The van der Waals surface area contributed by atoms with Gasteiger partial charge in [-0.3, -0.25) is 4.98 Å². The number of aromatic amines is 1. The fraction of sp³-hybridized carbons (Fsp3) is 0.367. The highest BCUT2D eigenvalue weighted by Crippen LogP contribution is 2.28. The Kier molecular flexibility index (Phi) is 9.29. The van der Waals surface area contributed by atoms with Crippen molar-refractivity contribution in [2.24, 2.45) is 5.92 Å². The van der Waals surface area contributed by atoms with Gasteiger partial charge in [-0.25, -0.2) is 18.2 Å². The van der Waals surface area contributed by atoms with Crippen LogP contribution in [0.15, 0.2) is 59.6 Å². The second-order valence-corrected chi connectivity index (χ2v) is 12.3. The van der Waals surface area contributed by atoms with E-state index in [0.29, 0.717) is 24.3 Å². The quantitative estimate of drug-likeness (QED) is 0.238. The number of ether oxygens (including phenoxy) is 3. The fourth-order valence-electron chi connectivity index (χ4n) is 4.66. The largest absolute Gasteiger partial charge is 0.493 e. The molecule has 218 valence electrons. The molecule has 0 aliphatic rings. The van der Waals surface area contributed by atoms with Crippen LogP contribution in [0.3, 0.4) is 0 Å². The molecule has 0 amide bonds. The van der Waals surface area contributed by atoms with Crippen LogP contribution in [0.5, 0.6) is 11.5 Å². The lowest BCUT2D eigenvalue weighted by atomic mass is 10.0. The molecule has 1 N–H and O–H groups in total. The molecule has 2 heterocycles. The van der Waals surface area contributed by atoms with E-state index in [0.717, 1.165) is 28.1 Å². The molecule has 11 heteroatoms. The van der Waals surface area contributed by atoms with Crippen LogP contribution in [-0.4, -0.2) is 67.6 Å². The molecule has 0 radical (unpaired) electrons. The molecular weight excluding hydrogens is 544 g/mol. The first-order valence-corrected chi connectivity index (χ1v) is 14.7. The average molecular weight is 581 g/mol. The number of sulfonamides is 1. The number of nitrogens with one attached hydrogen (secondary N) is 1. The van der Waals surface area contributed by atoms with E-state index in [-0.39, 0.29) is 23.0 Å². The summed E-state index contributed by atoms with van der Waals surface area (Å²) in [5.74, 6) is 1.29. The van der Waals surface area contributed by atoms with Gasteiger partial charge in [-0.15, -0.1) is 0 Å². The number of imidazole rings is 1. The third kappa shape index (κ3) is 6.86. The van der Waals surface area contributed by atoms with Gasteiger partial charge in [-0.1, -0.05) is 26.0 Å². The molecule has 0 spiro atoms. The number of hydrogen-bond donors (Lipinski definition) is 1. The molecule has 0 saturated heterocycles. The van der Waals surface area contributed by atoms with Gasteiger partial charge in [0, 0.05) is 19.7 Å². The second-order valence-electron chi connectivity index (χ2n) is 10.3. The number of nitrogens with zero attached hydrogens (tertiary/aromatic N) is 3. The highest BCUT2D eigenvalue weighted by atomic mass is 32.2. The van der Waals surface area contributed by atoms with Crippen LogP contribution in [0, 0.1) is 12.8 Å². The van der Waals surface area contributed by atoms with Gasteiger partial charge < -0.3 is 19.2 Å². The average Bonchev–Trinajstić information content (AvgIpc) is 3.35. The number of methoxy groups -OCH3 is 2. The minimum Gasteiger partial charge on any atom is -0.493 e. The summed E-state index contributed by atoms with van der Waals surface area (Å²) < 4.78 is 44.6. The molecule has 41 heavy (non-hydrogen) atoms. The number of aryl methyl sites for hydroxylation is 1. The van der Waals surface area contributed by atoms with Crippen LogP contribution in [0.1, 0.15) is 47.7 Å². The molecule has 2 aromatic heterocycles. The fourth-order valence-corrected chi connectivity index (χ4v) is 6.01. The van der Waals surface area contributed by atoms with Crippen molar-refractivity contribution in [1.29, 1.82) is 0 Å². The molecule has 0 saturated carbocycles. The van der Waals surface area contributed by atoms with E-state index < -0.39 is 22.0 Å². The summed E-state index contributed by atoms with van der Waals surface area (Å²) in [4.78, 5) is 25.2. The van der Waals surface area contributed by atoms with Crippen molar-refractivity contribution in [3.05, 3.63) is 77.4 Å². The number of fused-ring (bicyclic) bond motifs is 1. The Morgan fingerprint density at radius 1 is 1.02 bits per heavy atom. The Morgan fingerprint density at radius 2 is 1.73 bits per heavy atom. The summed E-state index contributed by atoms with van der Waals surface area (Å²) in [6.45, 7) is 5.78. The summed E-state index contributed by atoms with van der Waals surface area (Å²) in [6, 6.07) is 12.8. The highest BCUT2D eigenvalue weighted by molar-refractivity contribution is 7.89. The monoisotopic (exact) mass is 580 g/mol. The lowest BCUT2D eigenvalue weighted by Gasteiger charge is -2.28. The van der Waals surface area contributed by atoms with Crippen LogP contribution < -0.4 is 9.47 Å². The number of aromatic nitrogens is 3. The molecule has 4 rings (SSSR count). The molecule has 0 fully saturated rings. The van der Waals surface area contributed by atoms with Crippen molar-refractivity contribution in [3.8, 4) is 11.5 Å². The predicted octanol–water partition coefficient (Wildman–Crippen LogP) is 4.77. The Bertz CT molecular complexity index is 1620. The molecule has 0 aliphatic carbocycles. The Labute approximate surface area is 240 Å². The zero-order valence-electron chi connectivity index (χ0n) is 24.2. The van der Waals surface area contributed by atoms with Crippen LogP contribution >= 0.6 is 0 Å². The molecule has 4 aromatic rings. The zero-order valence-corrected chi connectivity index (χ0v) is 25.0. The van der Waals surface area contributed by atoms with Gasteiger partial charge in [-0.05, 0) is 61.2 Å². The number of hydrogen-bond acceptors (Lipinski definition) is 8. The second kappa shape index (κ2) is 12.7. The predicted molar refractivity (Wildman–Crippen MR) is 156 cm³/mol. The smallest absolute Gasteiger partial charge is 0.338 e.